The van der Waals surface area contributed by atoms with Gasteiger partial charge in [-0.3, -0.25) is 4.79 Å². The van der Waals surface area contributed by atoms with Crippen molar-refractivity contribution in [3.63, 3.8) is 0 Å². The lowest BCUT2D eigenvalue weighted by atomic mass is 10.2. The lowest BCUT2D eigenvalue weighted by Gasteiger charge is -2.08. The first-order valence-corrected chi connectivity index (χ1v) is 7.50. The predicted octanol–water partition coefficient (Wildman–Crippen LogP) is 2.27. The zero-order valence-corrected chi connectivity index (χ0v) is 13.9. The van der Waals surface area contributed by atoms with Crippen molar-refractivity contribution < 1.29 is 23.4 Å². The lowest BCUT2D eigenvalue weighted by molar-refractivity contribution is -0.123. The molecule has 0 bridgehead atoms. The summed E-state index contributed by atoms with van der Waals surface area (Å²) in [4.78, 5) is 11.7. The molecule has 7 nitrogen and oxygen atoms in total. The Morgan fingerprint density at radius 3 is 2.69 bits per heavy atom. The lowest BCUT2D eigenvalue weighted by Crippen LogP contribution is -2.24. The van der Waals surface area contributed by atoms with Crippen molar-refractivity contribution in [1.82, 2.24) is 5.43 Å². The fourth-order valence-electron chi connectivity index (χ4n) is 1.88. The molecule has 134 valence electrons. The molecule has 0 spiro atoms. The van der Waals surface area contributed by atoms with Crippen LogP contribution in [-0.2, 0) is 4.79 Å². The molecule has 0 aliphatic rings. The summed E-state index contributed by atoms with van der Waals surface area (Å²) in [7, 11) is 1.48. The third kappa shape index (κ3) is 5.79. The van der Waals surface area contributed by atoms with E-state index in [4.69, 9.17) is 19.5 Å². The maximum atomic E-state index is 12.8. The van der Waals surface area contributed by atoms with Crippen LogP contribution in [0.3, 0.4) is 0 Å². The smallest absolute Gasteiger partial charge is 0.277 e. The van der Waals surface area contributed by atoms with Crippen molar-refractivity contribution in [2.45, 2.75) is 0 Å². The van der Waals surface area contributed by atoms with Gasteiger partial charge >= 0.3 is 0 Å². The van der Waals surface area contributed by atoms with Gasteiger partial charge in [-0.25, -0.2) is 9.82 Å². The number of rotatable bonds is 8. The summed E-state index contributed by atoms with van der Waals surface area (Å²) in [6, 6.07) is 12.2. The Bertz CT molecular complexity index is 816. The number of carbonyl (C=O) groups excluding carboxylic acids is 1. The number of nitrogens with zero attached hydrogens (tertiary/aromatic N) is 2. The molecule has 2 aromatic rings. The number of hydrogen-bond donors (Lipinski definition) is 1. The second kappa shape index (κ2) is 9.64. The Hall–Kier alpha value is -3.60. The molecule has 0 radical (unpaired) electrons. The van der Waals surface area contributed by atoms with Crippen molar-refractivity contribution >= 4 is 12.1 Å². The van der Waals surface area contributed by atoms with Crippen LogP contribution in [0.15, 0.2) is 47.6 Å². The van der Waals surface area contributed by atoms with E-state index in [0.717, 1.165) is 0 Å². The molecule has 2 rings (SSSR count). The highest BCUT2D eigenvalue weighted by atomic mass is 19.1. The summed E-state index contributed by atoms with van der Waals surface area (Å²) in [5.74, 6) is 0.402. The predicted molar refractivity (Wildman–Crippen MR) is 91.7 cm³/mol. The summed E-state index contributed by atoms with van der Waals surface area (Å²) >= 11 is 0. The van der Waals surface area contributed by atoms with Gasteiger partial charge in [-0.1, -0.05) is 0 Å². The Morgan fingerprint density at radius 1 is 1.23 bits per heavy atom. The maximum absolute atomic E-state index is 12.8. The molecule has 2 aromatic carbocycles. The molecular formula is C18H16FN3O4. The van der Waals surface area contributed by atoms with Crippen LogP contribution in [0.2, 0.25) is 0 Å². The molecule has 0 saturated heterocycles. The molecule has 0 unspecified atom stereocenters. The molecule has 1 N–H and O–H groups in total. The number of amides is 1. The number of hydrogen-bond acceptors (Lipinski definition) is 6. The van der Waals surface area contributed by atoms with E-state index in [0.29, 0.717) is 22.8 Å². The Morgan fingerprint density at radius 2 is 2.00 bits per heavy atom. The molecule has 8 heteroatoms. The average Bonchev–Trinajstić information content (AvgIpc) is 2.66. The van der Waals surface area contributed by atoms with Crippen LogP contribution in [-0.4, -0.2) is 32.4 Å². The highest BCUT2D eigenvalue weighted by Gasteiger charge is 2.05. The van der Waals surface area contributed by atoms with Gasteiger partial charge in [0.15, 0.2) is 24.7 Å². The minimum absolute atomic E-state index is 0.0894. The van der Waals surface area contributed by atoms with Gasteiger partial charge in [-0.05, 0) is 48.0 Å². The number of benzene rings is 2. The van der Waals surface area contributed by atoms with Crippen LogP contribution in [0.5, 0.6) is 17.2 Å². The van der Waals surface area contributed by atoms with Gasteiger partial charge in [0.25, 0.3) is 5.91 Å². The first-order valence-electron chi connectivity index (χ1n) is 7.50. The highest BCUT2D eigenvalue weighted by molar-refractivity contribution is 5.83. The van der Waals surface area contributed by atoms with Gasteiger partial charge in [0.2, 0.25) is 0 Å². The van der Waals surface area contributed by atoms with Crippen molar-refractivity contribution in [2.75, 3.05) is 20.3 Å². The van der Waals surface area contributed by atoms with Gasteiger partial charge in [-0.2, -0.15) is 10.4 Å². The van der Waals surface area contributed by atoms with Gasteiger partial charge in [0.05, 0.1) is 13.3 Å². The summed E-state index contributed by atoms with van der Waals surface area (Å²) in [6.07, 6.45) is 1.42. The molecule has 0 saturated carbocycles. The van der Waals surface area contributed by atoms with Crippen LogP contribution in [0.25, 0.3) is 0 Å². The fourth-order valence-corrected chi connectivity index (χ4v) is 1.88. The third-order valence-electron chi connectivity index (χ3n) is 3.07. The van der Waals surface area contributed by atoms with Crippen molar-refractivity contribution in [2.24, 2.45) is 5.10 Å². The van der Waals surface area contributed by atoms with E-state index < -0.39 is 5.91 Å². The first-order chi connectivity index (χ1) is 12.6. The van der Waals surface area contributed by atoms with E-state index in [2.05, 4.69) is 10.5 Å². The number of halogens is 1. The monoisotopic (exact) mass is 357 g/mol. The van der Waals surface area contributed by atoms with Crippen LogP contribution in [0, 0.1) is 17.1 Å². The molecule has 26 heavy (non-hydrogen) atoms. The minimum Gasteiger partial charge on any atom is -0.493 e. The van der Waals surface area contributed by atoms with Crippen molar-refractivity contribution in [3.8, 4) is 23.3 Å². The Labute approximate surface area is 149 Å². The third-order valence-corrected chi connectivity index (χ3v) is 3.07. The number of ether oxygens (including phenoxy) is 3. The Balaban J connectivity index is 1.86. The zero-order valence-electron chi connectivity index (χ0n) is 13.9. The van der Waals surface area contributed by atoms with Crippen molar-refractivity contribution in [3.05, 3.63) is 53.8 Å². The summed E-state index contributed by atoms with van der Waals surface area (Å²) in [6.45, 7) is -0.346. The van der Waals surface area contributed by atoms with E-state index in [1.165, 1.54) is 37.6 Å². The van der Waals surface area contributed by atoms with E-state index in [9.17, 15) is 9.18 Å². The quantitative estimate of drug-likeness (QED) is 0.578. The molecule has 0 fully saturated rings. The molecule has 0 aliphatic carbocycles. The second-order valence-corrected chi connectivity index (χ2v) is 4.89. The van der Waals surface area contributed by atoms with Gasteiger partial charge in [0.1, 0.15) is 17.6 Å². The van der Waals surface area contributed by atoms with Crippen LogP contribution in [0.4, 0.5) is 4.39 Å². The SMILES string of the molecule is COc1cc(/C=N\NC(=O)COc2ccc(F)cc2)ccc1OCC#N. The topological polar surface area (TPSA) is 92.9 Å². The summed E-state index contributed by atoms with van der Waals surface area (Å²) < 4.78 is 28.4. The molecule has 0 aliphatic heterocycles. The average molecular weight is 357 g/mol. The van der Waals surface area contributed by atoms with Crippen molar-refractivity contribution in [1.29, 1.82) is 5.26 Å². The van der Waals surface area contributed by atoms with E-state index in [1.807, 2.05) is 6.07 Å². The largest absolute Gasteiger partial charge is 0.493 e. The number of nitrogens with one attached hydrogen (secondary N) is 1. The van der Waals surface area contributed by atoms with Crippen LogP contribution in [0.1, 0.15) is 5.56 Å². The zero-order chi connectivity index (χ0) is 18.8. The second-order valence-electron chi connectivity index (χ2n) is 4.89. The Kier molecular flexibility index (Phi) is 6.94. The normalized spacial score (nSPS) is 10.2. The molecule has 0 heterocycles. The van der Waals surface area contributed by atoms with Gasteiger partial charge in [-0.15, -0.1) is 0 Å². The van der Waals surface area contributed by atoms with Crippen LogP contribution >= 0.6 is 0 Å². The number of hydrazone groups is 1. The molecule has 0 aromatic heterocycles. The van der Waals surface area contributed by atoms with E-state index >= 15 is 0 Å². The standard InChI is InChI=1S/C18H16FN3O4/c1-24-17-10-13(2-7-16(17)25-9-8-20)11-21-22-18(23)12-26-15-5-3-14(19)4-6-15/h2-7,10-11H,9,12H2,1H3,(H,22,23)/b21-11-. The van der Waals surface area contributed by atoms with Gasteiger partial charge < -0.3 is 14.2 Å². The molecule has 0 atom stereocenters. The minimum atomic E-state index is -0.466. The number of methoxy groups -OCH3 is 1. The highest BCUT2D eigenvalue weighted by Crippen LogP contribution is 2.27. The maximum Gasteiger partial charge on any atom is 0.277 e. The molecule has 1 amide bonds. The summed E-state index contributed by atoms with van der Waals surface area (Å²) in [5.41, 5.74) is 2.97. The fraction of sp³-hybridized carbons (Fsp3) is 0.167. The van der Waals surface area contributed by atoms with Crippen LogP contribution < -0.4 is 19.6 Å². The molecular weight excluding hydrogens is 341 g/mol. The number of nitriles is 1. The van der Waals surface area contributed by atoms with Gasteiger partial charge in [0, 0.05) is 0 Å². The van der Waals surface area contributed by atoms with E-state index in [-0.39, 0.29) is 19.0 Å². The summed E-state index contributed by atoms with van der Waals surface area (Å²) in [5, 5.41) is 12.4. The number of carbonyl (C=O) groups is 1. The van der Waals surface area contributed by atoms with E-state index in [1.54, 1.807) is 18.2 Å². The first kappa shape index (κ1) is 18.7.